The van der Waals surface area contributed by atoms with Crippen molar-refractivity contribution in [3.63, 3.8) is 0 Å². The van der Waals surface area contributed by atoms with Crippen molar-refractivity contribution in [2.75, 3.05) is 98.2 Å². The van der Waals surface area contributed by atoms with E-state index in [0.29, 0.717) is 97.2 Å². The number of piperazine rings is 3. The Morgan fingerprint density at radius 3 is 0.905 bits per heavy atom. The van der Waals surface area contributed by atoms with Gasteiger partial charge in [0.1, 0.15) is 5.75 Å². The van der Waals surface area contributed by atoms with Crippen LogP contribution in [0, 0.1) is 34.0 Å². The number of halogens is 8. The zero-order valence-corrected chi connectivity index (χ0v) is 70.3. The number of hydrogen-bond donors (Lipinski definition) is 2. The molecule has 18 nitrogen and oxygen atoms in total. The molecule has 4 N–H and O–H groups in total. The molecule has 630 valence electrons. The van der Waals surface area contributed by atoms with Crippen molar-refractivity contribution >= 4 is 58.9 Å². The van der Waals surface area contributed by atoms with E-state index in [0.717, 1.165) is 109 Å². The van der Waals surface area contributed by atoms with Gasteiger partial charge in [0.2, 0.25) is 23.6 Å². The highest BCUT2D eigenvalue weighted by Gasteiger charge is 2.46. The summed E-state index contributed by atoms with van der Waals surface area (Å²) in [6.07, 6.45) is -2.82. The van der Waals surface area contributed by atoms with E-state index in [1.807, 2.05) is 99.6 Å². The molecule has 0 saturated carbocycles. The highest BCUT2D eigenvalue weighted by atomic mass is 35.5. The third-order valence-electron chi connectivity index (χ3n) is 24.2. The van der Waals surface area contributed by atoms with Crippen molar-refractivity contribution in [2.24, 2.45) is 45.5 Å². The molecule has 6 aliphatic heterocycles. The van der Waals surface area contributed by atoms with Crippen LogP contribution in [0.2, 0.25) is 10.0 Å². The third kappa shape index (κ3) is 24.4. The van der Waals surface area contributed by atoms with Gasteiger partial charge >= 0.3 is 24.6 Å². The summed E-state index contributed by atoms with van der Waals surface area (Å²) >= 11 is 12.4. The van der Waals surface area contributed by atoms with Crippen LogP contribution < -0.4 is 16.2 Å². The number of rotatable bonds is 16. The Bertz CT molecular complexity index is 4160. The number of piperidine rings is 3. The Labute approximate surface area is 691 Å². The minimum atomic E-state index is -4.75. The third-order valence-corrected chi connectivity index (χ3v) is 24.7. The summed E-state index contributed by atoms with van der Waals surface area (Å²) in [5.74, 6) is 1.15. The summed E-state index contributed by atoms with van der Waals surface area (Å²) in [5, 5.41) is 1.44. The number of urea groups is 2. The summed E-state index contributed by atoms with van der Waals surface area (Å²) in [4.78, 5) is 93.8. The van der Waals surface area contributed by atoms with E-state index >= 15 is 0 Å². The van der Waals surface area contributed by atoms with Gasteiger partial charge in [0.25, 0.3) is 0 Å². The molecule has 0 bridgehead atoms. The maximum absolute atomic E-state index is 13.6. The van der Waals surface area contributed by atoms with Crippen LogP contribution in [0.5, 0.6) is 5.75 Å². The van der Waals surface area contributed by atoms with Gasteiger partial charge in [0, 0.05) is 153 Å². The molecule has 116 heavy (non-hydrogen) atoms. The minimum absolute atomic E-state index is 0.0487. The first-order chi connectivity index (χ1) is 54.7. The van der Waals surface area contributed by atoms with Crippen LogP contribution in [0.1, 0.15) is 184 Å². The molecule has 6 aromatic rings. The van der Waals surface area contributed by atoms with Crippen LogP contribution in [-0.4, -0.2) is 202 Å². The van der Waals surface area contributed by atoms with Gasteiger partial charge in [0.05, 0.1) is 23.7 Å². The van der Waals surface area contributed by atoms with Crippen LogP contribution in [0.25, 0.3) is 0 Å². The zero-order chi connectivity index (χ0) is 84.2. The zero-order valence-electron chi connectivity index (χ0n) is 68.7. The van der Waals surface area contributed by atoms with Crippen LogP contribution >= 0.6 is 23.2 Å². The first-order valence-corrected chi connectivity index (χ1v) is 41.5. The summed E-state index contributed by atoms with van der Waals surface area (Å²) in [6, 6.07) is 46.1. The number of carbonyl (C=O) groups excluding carboxylic acids is 6. The molecule has 6 aromatic carbocycles. The molecule has 0 radical (unpaired) electrons. The second kappa shape index (κ2) is 39.0. The molecule has 12 rings (SSSR count). The van der Waals surface area contributed by atoms with Gasteiger partial charge in [-0.3, -0.25) is 33.9 Å². The average Bonchev–Trinajstić information content (AvgIpc) is 0.805. The largest absolute Gasteiger partial charge is 0.573 e. The molecule has 0 spiro atoms. The first-order valence-electron chi connectivity index (χ1n) is 40.8. The lowest BCUT2D eigenvalue weighted by Crippen LogP contribution is -2.60. The van der Waals surface area contributed by atoms with Gasteiger partial charge < -0.3 is 45.6 Å². The predicted octanol–water partition coefficient (Wildman–Crippen LogP) is 17.2. The molecule has 2 unspecified atom stereocenters. The maximum atomic E-state index is 13.6. The van der Waals surface area contributed by atoms with Crippen molar-refractivity contribution in [1.29, 1.82) is 0 Å². The smallest absolute Gasteiger partial charge is 0.406 e. The number of amides is 8. The number of alkyl halides is 6. The summed E-state index contributed by atoms with van der Waals surface area (Å²) in [5.41, 5.74) is 15.7. The number of hydrogen-bond acceptors (Lipinski definition) is 10. The number of carbonyl (C=O) groups is 6. The summed E-state index contributed by atoms with van der Waals surface area (Å²) < 4.78 is 82.0. The van der Waals surface area contributed by atoms with Gasteiger partial charge in [-0.05, 0) is 154 Å². The van der Waals surface area contributed by atoms with E-state index in [-0.39, 0.29) is 93.7 Å². The maximum Gasteiger partial charge on any atom is 0.573 e. The molecule has 5 atom stereocenters. The Morgan fingerprint density at radius 2 is 0.647 bits per heavy atom. The highest BCUT2D eigenvalue weighted by molar-refractivity contribution is 6.30. The van der Waals surface area contributed by atoms with Gasteiger partial charge in [-0.15, -0.1) is 13.2 Å². The van der Waals surface area contributed by atoms with E-state index in [4.69, 9.17) is 34.7 Å². The Kier molecular flexibility index (Phi) is 30.2. The van der Waals surface area contributed by atoms with Crippen molar-refractivity contribution in [1.82, 2.24) is 44.1 Å². The quantitative estimate of drug-likeness (QED) is 0.0881. The fraction of sp³-hybridized carbons (Fsp3) is 0.533. The molecule has 6 fully saturated rings. The number of nitrogens with zero attached hydrogens (tertiary/aromatic N) is 9. The Hall–Kier alpha value is -8.42. The predicted molar refractivity (Wildman–Crippen MR) is 442 cm³/mol. The number of primary amides is 2. The minimum Gasteiger partial charge on any atom is -0.406 e. The SMILES string of the molecule is CC(=O)N1CCC(CC(=O)N2CCN(C(c3ccc(Cl)cc3)c3ccc(Cl)cc3)C[C@@H]2C(C)(C)C)CC1.CC(C)(C)[C@H]1CN(C(c2ccccc2)c2ccc(C(F)(F)F)cc2)CCN1C(=O)CC1CCN(C(N)=O)CC1.CC(C)(C)[C@H]1CN(C(c2ccccc2)c2ccc(OC(F)(F)F)cc2)CCN1C(=O)CC1CCN(C(N)=O)CC1. The van der Waals surface area contributed by atoms with Crippen LogP contribution in [0.15, 0.2) is 158 Å². The molecular formula is C90H117Cl2F6N11O7. The second-order valence-corrected chi connectivity index (χ2v) is 36.2. The fourth-order valence-corrected chi connectivity index (χ4v) is 17.9. The topological polar surface area (TPSA) is 193 Å². The normalized spacial score (nSPS) is 20.3. The summed E-state index contributed by atoms with van der Waals surface area (Å²) in [7, 11) is 0. The van der Waals surface area contributed by atoms with Crippen molar-refractivity contribution in [2.45, 2.75) is 176 Å². The van der Waals surface area contributed by atoms with Crippen LogP contribution in [-0.2, 0) is 25.4 Å². The number of likely N-dealkylation sites (tertiary alicyclic amines) is 3. The van der Waals surface area contributed by atoms with E-state index < -0.39 is 30.2 Å². The monoisotopic (exact) mass is 1650 g/mol. The van der Waals surface area contributed by atoms with Crippen LogP contribution in [0.4, 0.5) is 35.9 Å². The Balaban J connectivity index is 0.000000184. The van der Waals surface area contributed by atoms with E-state index in [1.54, 1.807) is 41.0 Å². The molecule has 6 heterocycles. The lowest BCUT2D eigenvalue weighted by Gasteiger charge is -2.50. The highest BCUT2D eigenvalue weighted by Crippen LogP contribution is 2.42. The molecule has 6 aliphatic rings. The van der Waals surface area contributed by atoms with Gasteiger partial charge in [-0.1, -0.05) is 195 Å². The standard InChI is InChI=1S/C30H39Cl2N3O2.C30H39F3N4O3.C30H39F3N4O2/c1-21(36)33-15-13-22(14-16-33)19-28(37)35-18-17-34(20-27(35)30(2,3)4)29(23-5-9-25(31)10-6-23)24-7-11-26(32)12-8-24;1-29(2,3)25-20-36(17-18-37(25)26(38)19-21-13-15-35(16-14-21)28(34)39)27(22-7-5-4-6-8-22)23-9-11-24(12-10-23)40-30(31,32)33;1-29(2,3)25-20-36(17-18-37(25)26(38)19-21-13-15-35(16-14-21)28(34)39)27(22-7-5-4-6-8-22)23-9-11-24(12-10-23)30(31,32)33/h5-12,22,27,29H,13-20H2,1-4H3;4-12,21,25,27H,13-20H2,1-3H3,(H2,34,39);4-12,21,25,27H,13-20H2,1-3H3,(H2,34,39)/t27-;2*25-,27?/m111/s1. The van der Waals surface area contributed by atoms with Gasteiger partial charge in [-0.25, -0.2) is 9.59 Å². The molecule has 8 amide bonds. The molecule has 6 saturated heterocycles. The first kappa shape index (κ1) is 89.9. The second-order valence-electron chi connectivity index (χ2n) is 35.4. The van der Waals surface area contributed by atoms with E-state index in [9.17, 15) is 55.1 Å². The number of ether oxygens (including phenoxy) is 1. The average molecular weight is 1650 g/mol. The molecule has 0 aromatic heterocycles. The fourth-order valence-electron chi connectivity index (χ4n) is 17.6. The van der Waals surface area contributed by atoms with Crippen molar-refractivity contribution < 1.29 is 59.8 Å². The molecular weight excluding hydrogens is 1530 g/mol. The lowest BCUT2D eigenvalue weighted by atomic mass is 9.82. The van der Waals surface area contributed by atoms with Crippen molar-refractivity contribution in [3.8, 4) is 5.75 Å². The van der Waals surface area contributed by atoms with Crippen LogP contribution in [0.3, 0.4) is 0 Å². The summed E-state index contributed by atoms with van der Waals surface area (Å²) in [6.45, 7) is 30.8. The lowest BCUT2D eigenvalue weighted by molar-refractivity contribution is -0.274. The molecule has 0 aliphatic carbocycles. The Morgan fingerprint density at radius 1 is 0.379 bits per heavy atom. The number of benzene rings is 6. The van der Waals surface area contributed by atoms with E-state index in [1.165, 1.54) is 23.3 Å². The van der Waals surface area contributed by atoms with Crippen molar-refractivity contribution in [3.05, 3.63) is 207 Å². The van der Waals surface area contributed by atoms with Gasteiger partial charge in [0.15, 0.2) is 0 Å². The number of nitrogens with two attached hydrogens (primary N) is 2. The van der Waals surface area contributed by atoms with Gasteiger partial charge in [-0.2, -0.15) is 13.2 Å². The van der Waals surface area contributed by atoms with E-state index in [2.05, 4.69) is 111 Å². The molecule has 26 heteroatoms.